The summed E-state index contributed by atoms with van der Waals surface area (Å²) in [5.74, 6) is -2.25. The summed E-state index contributed by atoms with van der Waals surface area (Å²) in [7, 11) is -3.10. The number of methoxy groups -OCH3 is 1. The van der Waals surface area contributed by atoms with Gasteiger partial charge in [-0.3, -0.25) is 9.36 Å². The van der Waals surface area contributed by atoms with Crippen LogP contribution in [-0.4, -0.2) is 26.1 Å². The van der Waals surface area contributed by atoms with Crippen LogP contribution in [0.3, 0.4) is 0 Å². The number of rotatable bonds is 5. The van der Waals surface area contributed by atoms with E-state index in [-0.39, 0.29) is 30.4 Å². The number of nitrogens with zero attached hydrogens (tertiary/aromatic N) is 1. The molecule has 2 N–H and O–H groups in total. The van der Waals surface area contributed by atoms with E-state index in [0.717, 1.165) is 15.9 Å². The lowest BCUT2D eigenvalue weighted by atomic mass is 9.89. The second-order valence-corrected chi connectivity index (χ2v) is 12.4. The molecule has 0 fully saturated rings. The maximum Gasteiger partial charge on any atom is 0.337 e. The molecule has 1 aliphatic rings. The minimum Gasteiger partial charge on any atom is -0.466 e. The van der Waals surface area contributed by atoms with E-state index >= 15 is 0 Å². The van der Waals surface area contributed by atoms with Crippen LogP contribution in [0.5, 0.6) is 0 Å². The molecule has 4 aromatic rings. The van der Waals surface area contributed by atoms with Crippen molar-refractivity contribution in [1.29, 1.82) is 0 Å². The Balaban J connectivity index is 1.92. The van der Waals surface area contributed by atoms with E-state index in [2.05, 4.69) is 0 Å². The second kappa shape index (κ2) is 10.5. The number of ether oxygens (including phenoxy) is 1. The molecule has 0 spiro atoms. The summed E-state index contributed by atoms with van der Waals surface area (Å²) in [5.41, 5.74) is 7.08. The normalized spacial score (nSPS) is 15.8. The molecule has 2 heterocycles. The van der Waals surface area contributed by atoms with Crippen LogP contribution in [0.4, 0.5) is 0 Å². The van der Waals surface area contributed by atoms with Crippen molar-refractivity contribution in [2.24, 2.45) is 5.73 Å². The summed E-state index contributed by atoms with van der Waals surface area (Å²) in [6.07, 6.45) is 1.62. The molecule has 0 unspecified atom stereocenters. The number of hydrogen-bond donors (Lipinski definition) is 1. The number of carbonyl (C=O) groups excluding carboxylic acids is 1. The molecule has 1 aliphatic heterocycles. The highest BCUT2D eigenvalue weighted by Crippen LogP contribution is 2.42. The number of nitrogens with two attached hydrogens (primary N) is 1. The van der Waals surface area contributed by atoms with Gasteiger partial charge in [-0.2, -0.15) is 0 Å². The van der Waals surface area contributed by atoms with Crippen LogP contribution in [0, 0.1) is 0 Å². The van der Waals surface area contributed by atoms with Crippen molar-refractivity contribution in [2.45, 2.75) is 10.8 Å². The quantitative estimate of drug-likeness (QED) is 0.351. The molecule has 198 valence electrons. The summed E-state index contributed by atoms with van der Waals surface area (Å²) < 4.78 is 34.8. The van der Waals surface area contributed by atoms with E-state index in [9.17, 15) is 18.0 Å². The van der Waals surface area contributed by atoms with Gasteiger partial charge in [-0.1, -0.05) is 65.7 Å². The van der Waals surface area contributed by atoms with E-state index in [1.807, 2.05) is 0 Å². The monoisotopic (exact) mass is 598 g/mol. The van der Waals surface area contributed by atoms with Gasteiger partial charge in [0.25, 0.3) is 5.56 Å². The highest BCUT2D eigenvalue weighted by Gasteiger charge is 2.42. The van der Waals surface area contributed by atoms with E-state index in [0.29, 0.717) is 21.2 Å². The summed E-state index contributed by atoms with van der Waals surface area (Å²) in [6.45, 7) is 0. The first-order chi connectivity index (χ1) is 18.6. The van der Waals surface area contributed by atoms with Crippen molar-refractivity contribution in [3.05, 3.63) is 124 Å². The second-order valence-electron chi connectivity index (χ2n) is 8.56. The number of carbonyl (C=O) groups is 1. The lowest BCUT2D eigenvalue weighted by molar-refractivity contribution is -0.134. The fourth-order valence-electron chi connectivity index (χ4n) is 4.41. The fourth-order valence-corrected chi connectivity index (χ4v) is 7.53. The predicted molar refractivity (Wildman–Crippen MR) is 153 cm³/mol. The lowest BCUT2D eigenvalue weighted by Crippen LogP contribution is -2.41. The highest BCUT2D eigenvalue weighted by atomic mass is 35.5. The number of halogens is 2. The molecule has 0 amide bonds. The Hall–Kier alpha value is -3.63. The van der Waals surface area contributed by atoms with Crippen LogP contribution in [0.25, 0.3) is 17.5 Å². The Morgan fingerprint density at radius 3 is 2.15 bits per heavy atom. The van der Waals surface area contributed by atoms with Crippen LogP contribution in [0.15, 0.2) is 93.5 Å². The Labute approximate surface area is 237 Å². The van der Waals surface area contributed by atoms with Crippen molar-refractivity contribution in [1.82, 2.24) is 4.57 Å². The van der Waals surface area contributed by atoms with Gasteiger partial charge in [-0.15, -0.1) is 11.3 Å². The number of fused-ring (bicyclic) bond motifs is 1. The van der Waals surface area contributed by atoms with Crippen molar-refractivity contribution in [2.75, 3.05) is 7.11 Å². The van der Waals surface area contributed by atoms with Crippen molar-refractivity contribution >= 4 is 67.8 Å². The molecule has 0 radical (unpaired) electrons. The highest BCUT2D eigenvalue weighted by molar-refractivity contribution is 7.95. The van der Waals surface area contributed by atoms with Gasteiger partial charge in [-0.05, 0) is 53.6 Å². The van der Waals surface area contributed by atoms with Crippen LogP contribution in [0.1, 0.15) is 17.0 Å². The first kappa shape index (κ1) is 27.0. The van der Waals surface area contributed by atoms with Gasteiger partial charge in [0.15, 0.2) is 0 Å². The van der Waals surface area contributed by atoms with Crippen LogP contribution >= 0.6 is 34.5 Å². The van der Waals surface area contributed by atoms with E-state index in [1.54, 1.807) is 72.8 Å². The minimum atomic E-state index is -4.29. The van der Waals surface area contributed by atoms with Crippen LogP contribution < -0.4 is 20.5 Å². The number of thiazole rings is 1. The molecule has 1 aromatic heterocycles. The van der Waals surface area contributed by atoms with E-state index in [4.69, 9.17) is 33.7 Å². The molecule has 39 heavy (non-hydrogen) atoms. The average Bonchev–Trinajstić information content (AvgIpc) is 3.25. The van der Waals surface area contributed by atoms with Crippen molar-refractivity contribution in [3.63, 3.8) is 0 Å². The van der Waals surface area contributed by atoms with Crippen molar-refractivity contribution in [3.8, 4) is 0 Å². The maximum atomic E-state index is 14.1. The van der Waals surface area contributed by atoms with E-state index in [1.165, 1.54) is 19.2 Å². The molecule has 0 bridgehead atoms. The van der Waals surface area contributed by atoms with Crippen LogP contribution in [0.2, 0.25) is 10.0 Å². The molecule has 1 atom stereocenters. The average molecular weight is 600 g/mol. The molecule has 11 heteroatoms. The molecule has 7 nitrogen and oxygen atoms in total. The molecule has 0 saturated carbocycles. The Morgan fingerprint density at radius 1 is 0.974 bits per heavy atom. The summed E-state index contributed by atoms with van der Waals surface area (Å²) in [4.78, 5) is 26.7. The zero-order valence-electron chi connectivity index (χ0n) is 20.3. The fraction of sp³-hybridized carbons (Fsp3) is 0.0714. The molecule has 0 aliphatic carbocycles. The zero-order chi connectivity index (χ0) is 27.9. The molecule has 5 rings (SSSR count). The zero-order valence-corrected chi connectivity index (χ0v) is 23.4. The summed E-state index contributed by atoms with van der Waals surface area (Å²) in [6, 6.07) is 20.9. The number of esters is 1. The number of sulfone groups is 1. The number of allylic oxidation sites excluding steroid dienone is 1. The van der Waals surface area contributed by atoms with Gasteiger partial charge in [0, 0.05) is 10.0 Å². The predicted octanol–water partition coefficient (Wildman–Crippen LogP) is 3.73. The summed E-state index contributed by atoms with van der Waals surface area (Å²) in [5, 5.41) is 0.955. The third-order valence-corrected chi connectivity index (χ3v) is 9.75. The molecule has 0 saturated heterocycles. The largest absolute Gasteiger partial charge is 0.466 e. The minimum absolute atomic E-state index is 0.0265. The Kier molecular flexibility index (Phi) is 7.26. The number of benzene rings is 3. The molecular formula is C28H20Cl2N2O5S2. The number of hydrogen-bond acceptors (Lipinski definition) is 7. The topological polar surface area (TPSA) is 108 Å². The Morgan fingerprint density at radius 2 is 1.56 bits per heavy atom. The smallest absolute Gasteiger partial charge is 0.337 e. The third-order valence-electron chi connectivity index (χ3n) is 6.22. The van der Waals surface area contributed by atoms with Gasteiger partial charge >= 0.3 is 5.97 Å². The van der Waals surface area contributed by atoms with Gasteiger partial charge in [0.05, 0.1) is 28.0 Å². The van der Waals surface area contributed by atoms with Gasteiger partial charge < -0.3 is 10.5 Å². The maximum absolute atomic E-state index is 14.1. The van der Waals surface area contributed by atoms with Gasteiger partial charge in [0.1, 0.15) is 15.4 Å². The lowest BCUT2D eigenvalue weighted by Gasteiger charge is -2.27. The first-order valence-corrected chi connectivity index (χ1v) is 14.6. The Bertz CT molecular complexity index is 1910. The molecular weight excluding hydrogens is 579 g/mol. The summed E-state index contributed by atoms with van der Waals surface area (Å²) >= 11 is 13.1. The van der Waals surface area contributed by atoms with Crippen molar-refractivity contribution < 1.29 is 17.9 Å². The van der Waals surface area contributed by atoms with Crippen LogP contribution in [-0.2, 0) is 19.4 Å². The van der Waals surface area contributed by atoms with E-state index < -0.39 is 27.3 Å². The third kappa shape index (κ3) is 4.83. The molecule has 3 aromatic carbocycles. The SMILES string of the molecule is COC(=O)C1=c2s/c(=C\c3ccc(Cl)cc3)c(=O)n2C(N)=C(S(=O)(=O)c2ccccc2)[C@H]1c1ccc(Cl)cc1. The van der Waals surface area contributed by atoms with Gasteiger partial charge in [0.2, 0.25) is 9.84 Å². The first-order valence-electron chi connectivity index (χ1n) is 11.5. The van der Waals surface area contributed by atoms with Gasteiger partial charge in [-0.25, -0.2) is 13.2 Å². The number of aromatic nitrogens is 1. The standard InChI is InChI=1S/C28H20Cl2N2O5S2/c1-37-28(34)23-22(17-9-13-19(30)14-10-17)24(39(35,36)20-5-3-2-4-6-20)25(31)32-26(33)21(38-27(23)32)15-16-7-11-18(29)12-8-16/h2-15,22H,31H2,1H3/b21-15-/t22-/m0/s1.